The van der Waals surface area contributed by atoms with Crippen LogP contribution in [0.2, 0.25) is 0 Å². The van der Waals surface area contributed by atoms with Crippen molar-refractivity contribution in [3.8, 4) is 11.5 Å². The molecule has 0 radical (unpaired) electrons. The Labute approximate surface area is 156 Å². The highest BCUT2D eigenvalue weighted by atomic mass is 32.2. The molecular formula is C20H20N2O3S. The van der Waals surface area contributed by atoms with Crippen LogP contribution in [0.4, 0.5) is 5.69 Å². The minimum atomic E-state index is -0.155. The second kappa shape index (κ2) is 6.61. The number of nitrogens with one attached hydrogen (secondary N) is 1. The van der Waals surface area contributed by atoms with Crippen molar-refractivity contribution in [1.29, 1.82) is 0 Å². The lowest BCUT2D eigenvalue weighted by atomic mass is 10.2. The number of hydrogen-bond donors (Lipinski definition) is 1. The highest BCUT2D eigenvalue weighted by Gasteiger charge is 2.24. The number of rotatable bonds is 4. The van der Waals surface area contributed by atoms with E-state index in [1.165, 1.54) is 4.90 Å². The number of nitrogens with zero attached hydrogens (tertiary/aromatic N) is 1. The van der Waals surface area contributed by atoms with E-state index >= 15 is 0 Å². The van der Waals surface area contributed by atoms with Crippen LogP contribution in [-0.4, -0.2) is 29.9 Å². The van der Waals surface area contributed by atoms with E-state index in [0.717, 1.165) is 17.4 Å². The van der Waals surface area contributed by atoms with Crippen molar-refractivity contribution in [3.05, 3.63) is 48.2 Å². The zero-order chi connectivity index (χ0) is 18.3. The number of aromatic nitrogens is 1. The molecule has 1 aromatic heterocycles. The maximum atomic E-state index is 13.0. The lowest BCUT2D eigenvalue weighted by Gasteiger charge is -2.22. The zero-order valence-corrected chi connectivity index (χ0v) is 15.7. The second-order valence-electron chi connectivity index (χ2n) is 6.28. The quantitative estimate of drug-likeness (QED) is 0.741. The van der Waals surface area contributed by atoms with Gasteiger partial charge in [0.25, 0.3) is 5.91 Å². The third-order valence-corrected chi connectivity index (χ3v) is 5.67. The Kier molecular flexibility index (Phi) is 4.28. The van der Waals surface area contributed by atoms with Crippen molar-refractivity contribution in [1.82, 2.24) is 4.57 Å². The average Bonchev–Trinajstić information content (AvgIpc) is 3.01. The number of hydrogen-bond acceptors (Lipinski definition) is 4. The number of amides is 1. The number of methoxy groups -OCH3 is 2. The summed E-state index contributed by atoms with van der Waals surface area (Å²) in [5.74, 6) is 1.10. The van der Waals surface area contributed by atoms with E-state index in [9.17, 15) is 4.79 Å². The molecule has 0 spiro atoms. The van der Waals surface area contributed by atoms with Gasteiger partial charge in [-0.25, -0.2) is 0 Å². The largest absolute Gasteiger partial charge is 0.497 e. The minimum absolute atomic E-state index is 0.155. The highest BCUT2D eigenvalue weighted by Crippen LogP contribution is 2.38. The lowest BCUT2D eigenvalue weighted by molar-refractivity contribution is 0.101. The van der Waals surface area contributed by atoms with Crippen molar-refractivity contribution >= 4 is 34.3 Å². The molecule has 1 unspecified atom stereocenters. The van der Waals surface area contributed by atoms with E-state index in [2.05, 4.69) is 28.9 Å². The van der Waals surface area contributed by atoms with E-state index < -0.39 is 0 Å². The molecule has 0 bridgehead atoms. The monoisotopic (exact) mass is 368 g/mol. The zero-order valence-electron chi connectivity index (χ0n) is 14.9. The van der Waals surface area contributed by atoms with Gasteiger partial charge in [-0.2, -0.15) is 0 Å². The van der Waals surface area contributed by atoms with Crippen LogP contribution in [0.25, 0.3) is 10.9 Å². The number of thioether (sulfide) groups is 1. The number of para-hydroxylation sites is 1. The van der Waals surface area contributed by atoms with Gasteiger partial charge in [0.1, 0.15) is 17.2 Å². The number of anilines is 1. The lowest BCUT2D eigenvalue weighted by Crippen LogP contribution is -2.22. The maximum absolute atomic E-state index is 13.0. The topological polar surface area (TPSA) is 52.5 Å². The third kappa shape index (κ3) is 2.80. The molecule has 1 aliphatic heterocycles. The molecule has 0 aliphatic carbocycles. The number of carbonyl (C=O) groups is 1. The molecule has 5 nitrogen and oxygen atoms in total. The molecule has 0 saturated carbocycles. The first-order valence-corrected chi connectivity index (χ1v) is 9.31. The summed E-state index contributed by atoms with van der Waals surface area (Å²) in [7, 11) is 3.18. The number of ether oxygens (including phenoxy) is 2. The van der Waals surface area contributed by atoms with Gasteiger partial charge in [0, 0.05) is 28.1 Å². The van der Waals surface area contributed by atoms with E-state index in [4.69, 9.17) is 9.47 Å². The summed E-state index contributed by atoms with van der Waals surface area (Å²) in [4.78, 5) is 14.3. The van der Waals surface area contributed by atoms with Crippen LogP contribution >= 0.6 is 11.8 Å². The van der Waals surface area contributed by atoms with Crippen molar-refractivity contribution in [2.75, 3.05) is 19.5 Å². The Morgan fingerprint density at radius 2 is 2.04 bits per heavy atom. The number of benzene rings is 2. The first kappa shape index (κ1) is 16.8. The van der Waals surface area contributed by atoms with Crippen LogP contribution in [0.3, 0.4) is 0 Å². The van der Waals surface area contributed by atoms with Crippen molar-refractivity contribution in [2.24, 2.45) is 0 Å². The second-order valence-corrected chi connectivity index (χ2v) is 7.76. The van der Waals surface area contributed by atoms with E-state index in [1.54, 1.807) is 32.4 Å². The highest BCUT2D eigenvalue weighted by molar-refractivity contribution is 8.00. The predicted octanol–water partition coefficient (Wildman–Crippen LogP) is 4.41. The first-order valence-electron chi connectivity index (χ1n) is 8.43. The Morgan fingerprint density at radius 1 is 1.19 bits per heavy atom. The Balaban J connectivity index is 1.75. The van der Waals surface area contributed by atoms with Crippen molar-refractivity contribution in [3.63, 3.8) is 0 Å². The van der Waals surface area contributed by atoms with Gasteiger partial charge < -0.3 is 19.4 Å². The summed E-state index contributed by atoms with van der Waals surface area (Å²) in [6.45, 7) is 2.99. The smallest absolute Gasteiger partial charge is 0.272 e. The molecular weight excluding hydrogens is 348 g/mol. The van der Waals surface area contributed by atoms with Crippen molar-refractivity contribution < 1.29 is 14.3 Å². The molecule has 1 atom stereocenters. The van der Waals surface area contributed by atoms with Gasteiger partial charge >= 0.3 is 0 Å². The fraction of sp³-hybridized carbons (Fsp3) is 0.250. The molecule has 3 aromatic rings. The molecule has 26 heavy (non-hydrogen) atoms. The third-order valence-electron chi connectivity index (χ3n) is 4.54. The molecule has 2 heterocycles. The van der Waals surface area contributed by atoms with Crippen LogP contribution in [0.15, 0.2) is 47.4 Å². The fourth-order valence-corrected chi connectivity index (χ4v) is 4.53. The fourth-order valence-electron chi connectivity index (χ4n) is 3.37. The predicted molar refractivity (Wildman–Crippen MR) is 105 cm³/mol. The van der Waals surface area contributed by atoms with E-state index in [1.807, 2.05) is 23.9 Å². The summed E-state index contributed by atoms with van der Waals surface area (Å²) in [5, 5.41) is 4.48. The molecule has 4 rings (SSSR count). The van der Waals surface area contributed by atoms with Gasteiger partial charge in [-0.15, -0.1) is 11.8 Å². The van der Waals surface area contributed by atoms with Gasteiger partial charge in [-0.3, -0.25) is 4.79 Å². The molecule has 0 fully saturated rings. The number of carbonyl (C=O) groups excluding carboxylic acids is 1. The molecule has 1 N–H and O–H groups in total. The Morgan fingerprint density at radius 3 is 2.81 bits per heavy atom. The molecule has 1 amide bonds. The molecule has 1 aliphatic rings. The van der Waals surface area contributed by atoms with Gasteiger partial charge in [-0.05, 0) is 24.3 Å². The SMILES string of the molecule is COc1ccc(OC)c(NC(=O)c2cc3cccc4c3n2CC(C)S4)c1. The molecule has 0 saturated heterocycles. The average molecular weight is 368 g/mol. The summed E-state index contributed by atoms with van der Waals surface area (Å²) in [5.41, 5.74) is 2.39. The molecule has 2 aromatic carbocycles. The van der Waals surface area contributed by atoms with Gasteiger partial charge in [0.2, 0.25) is 0 Å². The standard InChI is InChI=1S/C20H20N2O3S/c1-12-11-22-16(9-13-5-4-6-18(26-12)19(13)22)20(23)21-15-10-14(24-2)7-8-17(15)25-3/h4-10,12H,11H2,1-3H3,(H,21,23). The first-order chi connectivity index (χ1) is 12.6. The van der Waals surface area contributed by atoms with Crippen LogP contribution in [-0.2, 0) is 6.54 Å². The van der Waals surface area contributed by atoms with Gasteiger partial charge in [0.15, 0.2) is 0 Å². The van der Waals surface area contributed by atoms with E-state index in [-0.39, 0.29) is 5.91 Å². The Hall–Kier alpha value is -2.60. The van der Waals surface area contributed by atoms with Crippen LogP contribution < -0.4 is 14.8 Å². The van der Waals surface area contributed by atoms with Crippen LogP contribution in [0.5, 0.6) is 11.5 Å². The van der Waals surface area contributed by atoms with Gasteiger partial charge in [0.05, 0.1) is 25.4 Å². The summed E-state index contributed by atoms with van der Waals surface area (Å²) < 4.78 is 12.7. The normalized spacial score (nSPS) is 15.7. The summed E-state index contributed by atoms with van der Waals surface area (Å²) >= 11 is 1.86. The van der Waals surface area contributed by atoms with Gasteiger partial charge in [-0.1, -0.05) is 19.1 Å². The maximum Gasteiger partial charge on any atom is 0.272 e. The minimum Gasteiger partial charge on any atom is -0.497 e. The van der Waals surface area contributed by atoms with Crippen LogP contribution in [0.1, 0.15) is 17.4 Å². The van der Waals surface area contributed by atoms with E-state index in [0.29, 0.717) is 28.1 Å². The van der Waals surface area contributed by atoms with Crippen molar-refractivity contribution in [2.45, 2.75) is 23.6 Å². The molecule has 6 heteroatoms. The molecule has 134 valence electrons. The summed E-state index contributed by atoms with van der Waals surface area (Å²) in [6, 6.07) is 13.5. The van der Waals surface area contributed by atoms with Crippen LogP contribution in [0, 0.1) is 0 Å². The Bertz CT molecular complexity index is 996. The summed E-state index contributed by atoms with van der Waals surface area (Å²) in [6.07, 6.45) is 0.